The molecule has 0 spiro atoms. The Morgan fingerprint density at radius 3 is 2.57 bits per heavy atom. The number of benzene rings is 2. The van der Waals surface area contributed by atoms with Crippen molar-refractivity contribution in [1.29, 1.82) is 5.26 Å². The highest BCUT2D eigenvalue weighted by molar-refractivity contribution is 14.0. The topological polar surface area (TPSA) is 69.4 Å². The van der Waals surface area contributed by atoms with E-state index in [2.05, 4.69) is 20.4 Å². The predicted octanol–water partition coefficient (Wildman–Crippen LogP) is 4.17. The molecule has 0 fully saturated rings. The normalized spacial score (nSPS) is 10.8. The van der Waals surface area contributed by atoms with Crippen molar-refractivity contribution >= 4 is 29.9 Å². The lowest BCUT2D eigenvalue weighted by Crippen LogP contribution is -2.37. The third-order valence-electron chi connectivity index (χ3n) is 3.57. The molecule has 28 heavy (non-hydrogen) atoms. The summed E-state index contributed by atoms with van der Waals surface area (Å²) in [4.78, 5) is 4.32. The summed E-state index contributed by atoms with van der Waals surface area (Å²) in [5, 5.41) is 14.8. The number of guanidine groups is 1. The maximum absolute atomic E-state index is 14.0. The highest BCUT2D eigenvalue weighted by Gasteiger charge is 2.09. The molecule has 5 nitrogen and oxygen atoms in total. The summed E-state index contributed by atoms with van der Waals surface area (Å²) in [5.41, 5.74) is 1.12. The second kappa shape index (κ2) is 12.1. The number of rotatable bonds is 7. The van der Waals surface area contributed by atoms with Gasteiger partial charge in [-0.1, -0.05) is 24.3 Å². The second-order valence-electron chi connectivity index (χ2n) is 5.45. The molecule has 0 atom stereocenters. The molecule has 9 heteroatoms. The molecule has 0 heterocycles. The summed E-state index contributed by atoms with van der Waals surface area (Å²) in [7, 11) is 0. The van der Waals surface area contributed by atoms with Gasteiger partial charge in [-0.25, -0.2) is 9.38 Å². The lowest BCUT2D eigenvalue weighted by Gasteiger charge is -2.13. The third kappa shape index (κ3) is 7.26. The average Bonchev–Trinajstić information content (AvgIpc) is 2.65. The van der Waals surface area contributed by atoms with Gasteiger partial charge < -0.3 is 15.4 Å². The fourth-order valence-corrected chi connectivity index (χ4v) is 2.29. The van der Waals surface area contributed by atoms with Gasteiger partial charge in [0, 0.05) is 24.2 Å². The minimum atomic E-state index is -2.92. The van der Waals surface area contributed by atoms with Gasteiger partial charge in [0.15, 0.2) is 5.96 Å². The molecular formula is C19H20F3IN4O. The molecule has 0 saturated carbocycles. The van der Waals surface area contributed by atoms with Crippen molar-refractivity contribution < 1.29 is 17.9 Å². The molecule has 0 aliphatic carbocycles. The first-order chi connectivity index (χ1) is 13.0. The van der Waals surface area contributed by atoms with Gasteiger partial charge in [0.25, 0.3) is 0 Å². The molecule has 0 aliphatic rings. The van der Waals surface area contributed by atoms with Gasteiger partial charge in [-0.15, -0.1) is 24.0 Å². The maximum Gasteiger partial charge on any atom is 0.387 e. The summed E-state index contributed by atoms with van der Waals surface area (Å²) >= 11 is 0. The van der Waals surface area contributed by atoms with Crippen LogP contribution < -0.4 is 15.4 Å². The van der Waals surface area contributed by atoms with Crippen LogP contribution in [0.25, 0.3) is 0 Å². The Labute approximate surface area is 178 Å². The minimum Gasteiger partial charge on any atom is -0.434 e. The first kappa shape index (κ1) is 23.6. The summed E-state index contributed by atoms with van der Waals surface area (Å²) < 4.78 is 43.4. The van der Waals surface area contributed by atoms with Crippen LogP contribution in [0.1, 0.15) is 23.6 Å². The van der Waals surface area contributed by atoms with E-state index in [9.17, 15) is 13.2 Å². The molecule has 2 N–H and O–H groups in total. The van der Waals surface area contributed by atoms with Gasteiger partial charge in [-0.2, -0.15) is 14.0 Å². The lowest BCUT2D eigenvalue weighted by atomic mass is 10.1. The monoisotopic (exact) mass is 504 g/mol. The first-order valence-corrected chi connectivity index (χ1v) is 8.27. The van der Waals surface area contributed by atoms with Crippen molar-refractivity contribution in [3.63, 3.8) is 0 Å². The van der Waals surface area contributed by atoms with Gasteiger partial charge >= 0.3 is 6.61 Å². The Kier molecular flexibility index (Phi) is 10.2. The smallest absolute Gasteiger partial charge is 0.387 e. The molecule has 0 bridgehead atoms. The zero-order valence-electron chi connectivity index (χ0n) is 15.1. The summed E-state index contributed by atoms with van der Waals surface area (Å²) in [5.74, 6) is -0.0357. The number of nitrogens with one attached hydrogen (secondary N) is 2. The summed E-state index contributed by atoms with van der Waals surface area (Å²) in [6, 6.07) is 12.5. The van der Waals surface area contributed by atoms with E-state index in [4.69, 9.17) is 5.26 Å². The Bertz CT molecular complexity index is 840. The molecule has 0 amide bonds. The summed E-state index contributed by atoms with van der Waals surface area (Å²) in [6.45, 7) is -0.225. The van der Waals surface area contributed by atoms with Crippen LogP contribution in [-0.2, 0) is 13.1 Å². The predicted molar refractivity (Wildman–Crippen MR) is 111 cm³/mol. The number of ether oxygens (including phenoxy) is 1. The second-order valence-corrected chi connectivity index (χ2v) is 5.45. The van der Waals surface area contributed by atoms with Crippen molar-refractivity contribution in [2.45, 2.75) is 26.6 Å². The van der Waals surface area contributed by atoms with E-state index in [0.717, 1.165) is 0 Å². The third-order valence-corrected chi connectivity index (χ3v) is 3.57. The van der Waals surface area contributed by atoms with Crippen molar-refractivity contribution in [1.82, 2.24) is 10.6 Å². The number of alkyl halides is 2. The highest BCUT2D eigenvalue weighted by Crippen LogP contribution is 2.21. The van der Waals surface area contributed by atoms with Crippen LogP contribution in [0.15, 0.2) is 47.5 Å². The van der Waals surface area contributed by atoms with Crippen LogP contribution in [0.2, 0.25) is 0 Å². The van der Waals surface area contributed by atoms with Crippen LogP contribution in [0.5, 0.6) is 5.75 Å². The molecule has 2 aromatic rings. The number of nitriles is 1. The van der Waals surface area contributed by atoms with Crippen LogP contribution in [-0.4, -0.2) is 19.1 Å². The quantitative estimate of drug-likeness (QED) is 0.338. The number of aliphatic imine (C=N–C) groups is 1. The van der Waals surface area contributed by atoms with Crippen molar-refractivity contribution in [2.75, 3.05) is 6.54 Å². The maximum atomic E-state index is 14.0. The van der Waals surface area contributed by atoms with Crippen molar-refractivity contribution in [3.8, 4) is 11.8 Å². The molecule has 2 rings (SSSR count). The molecule has 0 unspecified atom stereocenters. The van der Waals surface area contributed by atoms with Gasteiger partial charge in [-0.3, -0.25) is 0 Å². The Balaban J connectivity index is 0.00000392. The average molecular weight is 504 g/mol. The summed E-state index contributed by atoms with van der Waals surface area (Å²) in [6.07, 6.45) is 0. The standard InChI is InChI=1S/C19H19F3N4O.HI/c1-2-24-19(25-11-14-8-7-13(10-23)9-16(14)20)26-12-15-5-3-4-6-17(15)27-18(21)22;/h3-9,18H,2,11-12H2,1H3,(H2,24,25,26);1H. The van der Waals surface area contributed by atoms with E-state index in [1.165, 1.54) is 24.3 Å². The zero-order chi connectivity index (χ0) is 19.6. The molecule has 0 radical (unpaired) electrons. The molecule has 150 valence electrons. The largest absolute Gasteiger partial charge is 0.434 e. The molecule has 2 aromatic carbocycles. The lowest BCUT2D eigenvalue weighted by molar-refractivity contribution is -0.0504. The van der Waals surface area contributed by atoms with Crippen LogP contribution in [0, 0.1) is 17.1 Å². The Hall–Kier alpha value is -2.48. The van der Waals surface area contributed by atoms with Crippen LogP contribution in [0.3, 0.4) is 0 Å². The van der Waals surface area contributed by atoms with Crippen molar-refractivity contribution in [3.05, 3.63) is 65.0 Å². The van der Waals surface area contributed by atoms with Gasteiger partial charge in [0.1, 0.15) is 11.6 Å². The van der Waals surface area contributed by atoms with Crippen LogP contribution >= 0.6 is 24.0 Å². The fourth-order valence-electron chi connectivity index (χ4n) is 2.29. The van der Waals surface area contributed by atoms with Crippen molar-refractivity contribution in [2.24, 2.45) is 4.99 Å². The van der Waals surface area contributed by atoms with E-state index < -0.39 is 12.4 Å². The van der Waals surface area contributed by atoms with E-state index >= 15 is 0 Å². The first-order valence-electron chi connectivity index (χ1n) is 8.27. The van der Waals surface area contributed by atoms with E-state index in [1.54, 1.807) is 18.2 Å². The number of nitrogens with zero attached hydrogens (tertiary/aromatic N) is 2. The highest BCUT2D eigenvalue weighted by atomic mass is 127. The molecule has 0 aliphatic heterocycles. The number of hydrogen-bond acceptors (Lipinski definition) is 3. The minimum absolute atomic E-state index is 0. The Morgan fingerprint density at radius 2 is 1.93 bits per heavy atom. The molecular weight excluding hydrogens is 484 g/mol. The van der Waals surface area contributed by atoms with E-state index in [-0.39, 0.29) is 48.4 Å². The van der Waals surface area contributed by atoms with Gasteiger partial charge in [0.2, 0.25) is 0 Å². The van der Waals surface area contributed by atoms with E-state index in [0.29, 0.717) is 23.6 Å². The Morgan fingerprint density at radius 1 is 1.18 bits per heavy atom. The van der Waals surface area contributed by atoms with Crippen LogP contribution in [0.4, 0.5) is 13.2 Å². The zero-order valence-corrected chi connectivity index (χ0v) is 17.4. The number of para-hydroxylation sites is 1. The molecule has 0 saturated heterocycles. The van der Waals surface area contributed by atoms with E-state index in [1.807, 2.05) is 13.0 Å². The van der Waals surface area contributed by atoms with Gasteiger partial charge in [0.05, 0.1) is 18.2 Å². The SMILES string of the molecule is CCNC(=NCc1ccccc1OC(F)F)NCc1ccc(C#N)cc1F.I. The number of hydrogen-bond donors (Lipinski definition) is 2. The number of halogens is 4. The van der Waals surface area contributed by atoms with Gasteiger partial charge in [-0.05, 0) is 25.1 Å². The molecule has 0 aromatic heterocycles. The fraction of sp³-hybridized carbons (Fsp3) is 0.263.